The lowest BCUT2D eigenvalue weighted by Crippen LogP contribution is -2.22. The molecule has 1 unspecified atom stereocenters. The molecule has 2 aromatic rings. The van der Waals surface area contributed by atoms with E-state index < -0.39 is 5.60 Å². The van der Waals surface area contributed by atoms with Gasteiger partial charge in [0.2, 0.25) is 0 Å². The minimum atomic E-state index is -1.11. The lowest BCUT2D eigenvalue weighted by Gasteiger charge is -2.26. The van der Waals surface area contributed by atoms with Crippen molar-refractivity contribution < 1.29 is 14.6 Å². The molecule has 20 heavy (non-hydrogen) atoms. The molecule has 0 fully saturated rings. The molecule has 1 atom stereocenters. The van der Waals surface area contributed by atoms with Crippen molar-refractivity contribution in [1.29, 1.82) is 0 Å². The molecule has 0 aliphatic rings. The van der Waals surface area contributed by atoms with Crippen LogP contribution in [-0.2, 0) is 5.60 Å². The molecule has 3 nitrogen and oxygen atoms in total. The summed E-state index contributed by atoms with van der Waals surface area (Å²) in [6.07, 6.45) is 0. The summed E-state index contributed by atoms with van der Waals surface area (Å²) in [5.41, 5.74) is -0.409. The Kier molecular flexibility index (Phi) is 4.42. The zero-order valence-corrected chi connectivity index (χ0v) is 14.3. The lowest BCUT2D eigenvalue weighted by atomic mass is 9.93. The molecule has 1 aromatic carbocycles. The van der Waals surface area contributed by atoms with Crippen LogP contribution in [0.3, 0.4) is 0 Å². The van der Waals surface area contributed by atoms with E-state index in [0.717, 1.165) is 9.75 Å². The Bertz CT molecular complexity index is 620. The summed E-state index contributed by atoms with van der Waals surface area (Å²) in [7, 11) is 3.18. The highest BCUT2D eigenvalue weighted by atomic mass is 79.9. The number of aliphatic hydroxyl groups is 1. The van der Waals surface area contributed by atoms with Crippen LogP contribution < -0.4 is 9.47 Å². The van der Waals surface area contributed by atoms with Gasteiger partial charge >= 0.3 is 0 Å². The SMILES string of the molecule is COc1ccc(C(C)(O)c2ccc(C)s2)c(OC)c1Br. The lowest BCUT2D eigenvalue weighted by molar-refractivity contribution is 0.103. The van der Waals surface area contributed by atoms with Gasteiger partial charge in [0.15, 0.2) is 0 Å². The fraction of sp³-hybridized carbons (Fsp3) is 0.333. The normalized spacial score (nSPS) is 13.9. The molecular formula is C15H17BrO3S. The average molecular weight is 357 g/mol. The van der Waals surface area contributed by atoms with Crippen molar-refractivity contribution in [1.82, 2.24) is 0 Å². The van der Waals surface area contributed by atoms with Gasteiger partial charge in [0.05, 0.1) is 14.2 Å². The van der Waals surface area contributed by atoms with Crippen LogP contribution in [0, 0.1) is 6.92 Å². The molecule has 0 spiro atoms. The van der Waals surface area contributed by atoms with Crippen LogP contribution >= 0.6 is 27.3 Å². The monoisotopic (exact) mass is 356 g/mol. The third-order valence-corrected chi connectivity index (χ3v) is 5.19. The number of hydrogen-bond donors (Lipinski definition) is 1. The molecule has 0 aliphatic carbocycles. The molecule has 0 saturated heterocycles. The van der Waals surface area contributed by atoms with E-state index in [2.05, 4.69) is 15.9 Å². The van der Waals surface area contributed by atoms with E-state index in [1.165, 1.54) is 0 Å². The third kappa shape index (κ3) is 2.57. The number of rotatable bonds is 4. The summed E-state index contributed by atoms with van der Waals surface area (Å²) in [5, 5.41) is 10.9. The van der Waals surface area contributed by atoms with Gasteiger partial charge in [-0.1, -0.05) is 0 Å². The highest BCUT2D eigenvalue weighted by Gasteiger charge is 2.32. The summed E-state index contributed by atoms with van der Waals surface area (Å²) in [5.74, 6) is 1.25. The summed E-state index contributed by atoms with van der Waals surface area (Å²) in [6.45, 7) is 3.79. The second-order valence-corrected chi connectivity index (χ2v) is 6.73. The van der Waals surface area contributed by atoms with Gasteiger partial charge in [-0.3, -0.25) is 0 Å². The Labute approximate surface area is 131 Å². The van der Waals surface area contributed by atoms with Crippen LogP contribution in [0.5, 0.6) is 11.5 Å². The maximum Gasteiger partial charge on any atom is 0.143 e. The molecule has 1 aromatic heterocycles. The van der Waals surface area contributed by atoms with Crippen molar-refractivity contribution in [3.05, 3.63) is 44.1 Å². The van der Waals surface area contributed by atoms with Crippen LogP contribution in [0.4, 0.5) is 0 Å². The van der Waals surface area contributed by atoms with Crippen LogP contribution in [0.1, 0.15) is 22.2 Å². The maximum absolute atomic E-state index is 10.9. The molecule has 5 heteroatoms. The van der Waals surface area contributed by atoms with Gasteiger partial charge in [-0.25, -0.2) is 0 Å². The van der Waals surface area contributed by atoms with Crippen molar-refractivity contribution >= 4 is 27.3 Å². The van der Waals surface area contributed by atoms with Crippen LogP contribution in [0.25, 0.3) is 0 Å². The first-order valence-electron chi connectivity index (χ1n) is 6.12. The van der Waals surface area contributed by atoms with Crippen molar-refractivity contribution in [2.24, 2.45) is 0 Å². The highest BCUT2D eigenvalue weighted by Crippen LogP contribution is 2.44. The predicted octanol–water partition coefficient (Wildman–Crippen LogP) is 4.09. The molecule has 1 N–H and O–H groups in total. The van der Waals surface area contributed by atoms with E-state index in [-0.39, 0.29) is 0 Å². The molecule has 0 aliphatic heterocycles. The minimum absolute atomic E-state index is 0.584. The number of halogens is 1. The Morgan fingerprint density at radius 2 is 1.85 bits per heavy atom. The molecule has 0 radical (unpaired) electrons. The van der Waals surface area contributed by atoms with Crippen molar-refractivity contribution in [3.8, 4) is 11.5 Å². The molecule has 0 saturated carbocycles. The minimum Gasteiger partial charge on any atom is -0.495 e. The van der Waals surface area contributed by atoms with Gasteiger partial charge in [0.1, 0.15) is 21.6 Å². The number of hydrogen-bond acceptors (Lipinski definition) is 4. The maximum atomic E-state index is 10.9. The predicted molar refractivity (Wildman–Crippen MR) is 85.0 cm³/mol. The fourth-order valence-corrected chi connectivity index (χ4v) is 3.70. The number of ether oxygens (including phenoxy) is 2. The van der Waals surface area contributed by atoms with Crippen molar-refractivity contribution in [2.75, 3.05) is 14.2 Å². The number of aryl methyl sites for hydroxylation is 1. The molecule has 0 bridgehead atoms. The van der Waals surface area contributed by atoms with Crippen LogP contribution in [0.15, 0.2) is 28.7 Å². The smallest absolute Gasteiger partial charge is 0.143 e. The summed E-state index contributed by atoms with van der Waals surface area (Å²) in [4.78, 5) is 2.04. The number of methoxy groups -OCH3 is 2. The van der Waals surface area contributed by atoms with Gasteiger partial charge in [-0.05, 0) is 54.0 Å². The first-order valence-corrected chi connectivity index (χ1v) is 7.73. The first kappa shape index (κ1) is 15.4. The Hall–Kier alpha value is -1.04. The van der Waals surface area contributed by atoms with Crippen molar-refractivity contribution in [2.45, 2.75) is 19.4 Å². The standard InChI is InChI=1S/C15H17BrO3S/c1-9-5-8-12(20-9)15(2,17)10-6-7-11(18-3)13(16)14(10)19-4/h5-8,17H,1-4H3. The summed E-state index contributed by atoms with van der Waals surface area (Å²) < 4.78 is 11.4. The van der Waals surface area contributed by atoms with Gasteiger partial charge in [-0.15, -0.1) is 11.3 Å². The van der Waals surface area contributed by atoms with Crippen LogP contribution in [0.2, 0.25) is 0 Å². The number of benzene rings is 1. The van der Waals surface area contributed by atoms with Gasteiger partial charge < -0.3 is 14.6 Å². The first-order chi connectivity index (χ1) is 9.41. The van der Waals surface area contributed by atoms with Gasteiger partial charge in [0.25, 0.3) is 0 Å². The van der Waals surface area contributed by atoms with Crippen molar-refractivity contribution in [3.63, 3.8) is 0 Å². The Morgan fingerprint density at radius 3 is 2.35 bits per heavy atom. The Balaban J connectivity index is 2.59. The van der Waals surface area contributed by atoms with E-state index in [4.69, 9.17) is 9.47 Å². The fourth-order valence-electron chi connectivity index (χ4n) is 2.11. The zero-order valence-electron chi connectivity index (χ0n) is 11.9. The van der Waals surface area contributed by atoms with Gasteiger partial charge in [-0.2, -0.15) is 0 Å². The zero-order chi connectivity index (χ0) is 14.9. The molecular weight excluding hydrogens is 340 g/mol. The molecule has 1 heterocycles. The largest absolute Gasteiger partial charge is 0.495 e. The average Bonchev–Trinajstić information content (AvgIpc) is 2.85. The molecule has 108 valence electrons. The summed E-state index contributed by atoms with van der Waals surface area (Å²) in [6, 6.07) is 7.59. The second-order valence-electron chi connectivity index (χ2n) is 4.65. The second kappa shape index (κ2) is 5.76. The highest BCUT2D eigenvalue weighted by molar-refractivity contribution is 9.10. The van der Waals surface area contributed by atoms with Crippen LogP contribution in [-0.4, -0.2) is 19.3 Å². The number of thiophene rings is 1. The Morgan fingerprint density at radius 1 is 1.15 bits per heavy atom. The van der Waals surface area contributed by atoms with Gasteiger partial charge in [0, 0.05) is 15.3 Å². The quantitative estimate of drug-likeness (QED) is 0.896. The van der Waals surface area contributed by atoms with E-state index in [1.807, 2.05) is 31.2 Å². The van der Waals surface area contributed by atoms with E-state index >= 15 is 0 Å². The third-order valence-electron chi connectivity index (χ3n) is 3.23. The molecule has 2 rings (SSSR count). The summed E-state index contributed by atoms with van der Waals surface area (Å²) >= 11 is 5.04. The molecule has 0 amide bonds. The van der Waals surface area contributed by atoms with E-state index in [0.29, 0.717) is 21.5 Å². The van der Waals surface area contributed by atoms with E-state index in [1.54, 1.807) is 32.5 Å². The topological polar surface area (TPSA) is 38.7 Å². The van der Waals surface area contributed by atoms with E-state index in [9.17, 15) is 5.11 Å².